The van der Waals surface area contributed by atoms with Gasteiger partial charge in [-0.1, -0.05) is 19.1 Å². The molecule has 0 unspecified atom stereocenters. The fourth-order valence-corrected chi connectivity index (χ4v) is 2.76. The number of aliphatic carboxylic acids is 2. The Morgan fingerprint density at radius 1 is 1.00 bits per heavy atom. The van der Waals surface area contributed by atoms with Crippen molar-refractivity contribution in [3.8, 4) is 5.75 Å². The minimum absolute atomic E-state index is 0.0803. The van der Waals surface area contributed by atoms with Crippen LogP contribution in [0.25, 0.3) is 0 Å². The van der Waals surface area contributed by atoms with E-state index < -0.39 is 11.9 Å². The van der Waals surface area contributed by atoms with Crippen LogP contribution in [0.3, 0.4) is 0 Å². The largest absolute Gasteiger partial charge is 0.494 e. The third-order valence-corrected chi connectivity index (χ3v) is 4.47. The summed E-state index contributed by atoms with van der Waals surface area (Å²) in [5.41, 5.74) is 0.714. The van der Waals surface area contributed by atoms with Crippen molar-refractivity contribution < 1.29 is 29.3 Å². The monoisotopic (exact) mass is 394 g/mol. The highest BCUT2D eigenvalue weighted by Crippen LogP contribution is 2.14. The average Bonchev–Trinajstić information content (AvgIpc) is 2.69. The average molecular weight is 394 g/mol. The number of unbranched alkanes of at least 4 members (excludes halogenated alkanes) is 1. The van der Waals surface area contributed by atoms with Gasteiger partial charge in [-0.2, -0.15) is 0 Å². The van der Waals surface area contributed by atoms with Crippen molar-refractivity contribution in [2.45, 2.75) is 26.7 Å². The predicted molar refractivity (Wildman–Crippen MR) is 105 cm³/mol. The lowest BCUT2D eigenvalue weighted by Gasteiger charge is -2.33. The van der Waals surface area contributed by atoms with Crippen molar-refractivity contribution in [2.75, 3.05) is 45.9 Å². The van der Waals surface area contributed by atoms with Gasteiger partial charge < -0.3 is 24.7 Å². The van der Waals surface area contributed by atoms with Gasteiger partial charge in [-0.15, -0.1) is 0 Å². The molecule has 0 bridgehead atoms. The summed E-state index contributed by atoms with van der Waals surface area (Å²) in [5.74, 6) is -2.77. The molecule has 1 heterocycles. The number of Topliss-reactive ketones (excluding diaryl/α,β-unsaturated/α-hetero) is 1. The van der Waals surface area contributed by atoms with Crippen LogP contribution >= 0.6 is 0 Å². The molecule has 1 aromatic carbocycles. The summed E-state index contributed by atoms with van der Waals surface area (Å²) in [6.45, 7) is 11.6. The maximum Gasteiger partial charge on any atom is 0.414 e. The number of ketones is 1. The van der Waals surface area contributed by atoms with Crippen LogP contribution < -0.4 is 4.74 Å². The van der Waals surface area contributed by atoms with Crippen molar-refractivity contribution in [2.24, 2.45) is 0 Å². The highest BCUT2D eigenvalue weighted by Gasteiger charge is 2.14. The second-order valence-electron chi connectivity index (χ2n) is 6.53. The summed E-state index contributed by atoms with van der Waals surface area (Å²) in [5, 5.41) is 14.8. The zero-order valence-electron chi connectivity index (χ0n) is 16.6. The molecule has 156 valence electrons. The normalized spacial score (nSPS) is 14.6. The number of piperazine rings is 1. The Labute approximate surface area is 165 Å². The van der Waals surface area contributed by atoms with Gasteiger partial charge in [0.25, 0.3) is 0 Å². The maximum absolute atomic E-state index is 11.3. The molecular weight excluding hydrogens is 364 g/mol. The van der Waals surface area contributed by atoms with Gasteiger partial charge in [0.1, 0.15) is 5.75 Å². The smallest absolute Gasteiger partial charge is 0.414 e. The number of ether oxygens (including phenoxy) is 1. The Morgan fingerprint density at radius 3 is 2.14 bits per heavy atom. The molecular formula is C20H30N2O6. The second-order valence-corrected chi connectivity index (χ2v) is 6.53. The first-order chi connectivity index (χ1) is 13.3. The number of hydrogen-bond donors (Lipinski definition) is 2. The molecule has 8 nitrogen and oxygen atoms in total. The van der Waals surface area contributed by atoms with Crippen LogP contribution in [-0.4, -0.2) is 83.6 Å². The predicted octanol–water partition coefficient (Wildman–Crippen LogP) is 1.84. The summed E-state index contributed by atoms with van der Waals surface area (Å²) in [6, 6.07) is 7.44. The first-order valence-electron chi connectivity index (χ1n) is 9.48. The molecule has 1 aliphatic heterocycles. The third kappa shape index (κ3) is 9.48. The highest BCUT2D eigenvalue weighted by molar-refractivity contribution is 6.27. The number of nitrogens with zero attached hydrogens (tertiary/aromatic N) is 2. The Kier molecular flexibility index (Phi) is 10.8. The van der Waals surface area contributed by atoms with Gasteiger partial charge in [0.05, 0.1) is 6.61 Å². The second kappa shape index (κ2) is 12.9. The molecule has 0 aliphatic carbocycles. The molecule has 0 saturated carbocycles. The maximum atomic E-state index is 11.3. The van der Waals surface area contributed by atoms with Gasteiger partial charge in [-0.25, -0.2) is 9.59 Å². The van der Waals surface area contributed by atoms with Crippen molar-refractivity contribution >= 4 is 17.7 Å². The number of likely N-dealkylation sites (N-methyl/N-ethyl adjacent to an activating group) is 1. The molecule has 0 spiro atoms. The van der Waals surface area contributed by atoms with E-state index in [1.54, 1.807) is 6.92 Å². The molecule has 0 radical (unpaired) electrons. The van der Waals surface area contributed by atoms with Crippen molar-refractivity contribution in [1.82, 2.24) is 9.80 Å². The number of rotatable bonds is 8. The fraction of sp³-hybridized carbons (Fsp3) is 0.550. The molecule has 0 amide bonds. The van der Waals surface area contributed by atoms with Crippen molar-refractivity contribution in [1.29, 1.82) is 0 Å². The lowest BCUT2D eigenvalue weighted by molar-refractivity contribution is -0.159. The summed E-state index contributed by atoms with van der Waals surface area (Å²) in [6.07, 6.45) is 2.22. The lowest BCUT2D eigenvalue weighted by Crippen LogP contribution is -2.46. The van der Waals surface area contributed by atoms with E-state index in [9.17, 15) is 4.79 Å². The van der Waals surface area contributed by atoms with Gasteiger partial charge in [0, 0.05) is 31.7 Å². The van der Waals surface area contributed by atoms with Gasteiger partial charge in [0.15, 0.2) is 5.78 Å². The molecule has 0 atom stereocenters. The zero-order chi connectivity index (χ0) is 20.9. The molecule has 1 aromatic rings. The van der Waals surface area contributed by atoms with E-state index in [0.717, 1.165) is 25.3 Å². The molecule has 28 heavy (non-hydrogen) atoms. The number of carboxylic acid groups (broad SMARTS) is 2. The van der Waals surface area contributed by atoms with Crippen LogP contribution in [-0.2, 0) is 9.59 Å². The van der Waals surface area contributed by atoms with Crippen LogP contribution in [0.5, 0.6) is 5.75 Å². The number of carbonyl (C=O) groups is 3. The Hall–Kier alpha value is -2.45. The standard InChI is InChI=1S/C18H28N2O2.C2H2O4/c1-3-19-10-12-20(13-11-19)9-4-5-14-22-18-8-6-7-17(15-18)16(2)21;3-1(4)2(5)6/h6-8,15H,3-5,9-14H2,1-2H3;(H,3,4)(H,5,6). The number of carboxylic acids is 2. The Balaban J connectivity index is 0.000000568. The fourth-order valence-electron chi connectivity index (χ4n) is 2.76. The van der Waals surface area contributed by atoms with E-state index in [2.05, 4.69) is 16.7 Å². The van der Waals surface area contributed by atoms with E-state index in [1.165, 1.54) is 39.1 Å². The minimum atomic E-state index is -1.82. The SMILES string of the molecule is CCN1CCN(CCCCOc2cccc(C(C)=O)c2)CC1.O=C(O)C(=O)O. The number of benzene rings is 1. The lowest BCUT2D eigenvalue weighted by atomic mass is 10.1. The van der Waals surface area contributed by atoms with E-state index >= 15 is 0 Å². The number of hydrogen-bond acceptors (Lipinski definition) is 6. The van der Waals surface area contributed by atoms with Crippen LogP contribution in [0.15, 0.2) is 24.3 Å². The Bertz CT molecular complexity index is 629. The van der Waals surface area contributed by atoms with Gasteiger partial charge in [-0.3, -0.25) is 4.79 Å². The molecule has 1 saturated heterocycles. The quantitative estimate of drug-likeness (QED) is 0.391. The molecule has 1 fully saturated rings. The zero-order valence-corrected chi connectivity index (χ0v) is 16.6. The van der Waals surface area contributed by atoms with Crippen LogP contribution in [0, 0.1) is 0 Å². The summed E-state index contributed by atoms with van der Waals surface area (Å²) < 4.78 is 5.74. The molecule has 1 aliphatic rings. The molecule has 2 N–H and O–H groups in total. The third-order valence-electron chi connectivity index (χ3n) is 4.47. The van der Waals surface area contributed by atoms with E-state index in [1.807, 2.05) is 24.3 Å². The van der Waals surface area contributed by atoms with Gasteiger partial charge in [0.2, 0.25) is 0 Å². The summed E-state index contributed by atoms with van der Waals surface area (Å²) >= 11 is 0. The highest BCUT2D eigenvalue weighted by atomic mass is 16.5. The van der Waals surface area contributed by atoms with Crippen LogP contribution in [0.2, 0.25) is 0 Å². The number of carbonyl (C=O) groups excluding carboxylic acids is 1. The molecule has 2 rings (SSSR count). The van der Waals surface area contributed by atoms with Crippen LogP contribution in [0.4, 0.5) is 0 Å². The first-order valence-corrected chi connectivity index (χ1v) is 9.48. The van der Waals surface area contributed by atoms with Gasteiger partial charge >= 0.3 is 11.9 Å². The van der Waals surface area contributed by atoms with E-state index in [-0.39, 0.29) is 5.78 Å². The summed E-state index contributed by atoms with van der Waals surface area (Å²) in [4.78, 5) is 34.6. The van der Waals surface area contributed by atoms with Gasteiger partial charge in [-0.05, 0) is 45.0 Å². The Morgan fingerprint density at radius 2 is 1.61 bits per heavy atom. The molecule has 8 heteroatoms. The topological polar surface area (TPSA) is 107 Å². The first kappa shape index (κ1) is 23.6. The minimum Gasteiger partial charge on any atom is -0.494 e. The van der Waals surface area contributed by atoms with E-state index in [4.69, 9.17) is 24.5 Å². The van der Waals surface area contributed by atoms with Crippen LogP contribution in [0.1, 0.15) is 37.0 Å². The molecule has 0 aromatic heterocycles. The summed E-state index contributed by atoms with van der Waals surface area (Å²) in [7, 11) is 0. The van der Waals surface area contributed by atoms with E-state index in [0.29, 0.717) is 5.56 Å². The van der Waals surface area contributed by atoms with Crippen molar-refractivity contribution in [3.05, 3.63) is 29.8 Å². The van der Waals surface area contributed by atoms with Crippen molar-refractivity contribution in [3.63, 3.8) is 0 Å².